The Bertz CT molecular complexity index is 530. The van der Waals surface area contributed by atoms with Crippen LogP contribution in [0.1, 0.15) is 18.4 Å². The fraction of sp³-hybridized carbons (Fsp3) is 0.400. The van der Waals surface area contributed by atoms with E-state index < -0.39 is 12.0 Å². The number of hydrogen-bond donors (Lipinski definition) is 2. The first kappa shape index (κ1) is 15.0. The number of amides is 2. The molecule has 1 atom stereocenters. The van der Waals surface area contributed by atoms with Crippen LogP contribution >= 0.6 is 0 Å². The Balaban J connectivity index is 1.81. The Morgan fingerprint density at radius 3 is 2.62 bits per heavy atom. The second-order valence-electron chi connectivity index (χ2n) is 5.02. The lowest BCUT2D eigenvalue weighted by Gasteiger charge is -2.21. The Hall–Kier alpha value is -2.37. The van der Waals surface area contributed by atoms with Crippen LogP contribution in [0.2, 0.25) is 0 Å². The zero-order valence-electron chi connectivity index (χ0n) is 11.6. The summed E-state index contributed by atoms with van der Waals surface area (Å²) in [5.74, 6) is -1.58. The van der Waals surface area contributed by atoms with Crippen molar-refractivity contribution in [3.63, 3.8) is 0 Å². The third-order valence-corrected chi connectivity index (χ3v) is 3.50. The highest BCUT2D eigenvalue weighted by molar-refractivity contribution is 5.88. The molecule has 1 saturated heterocycles. The van der Waals surface area contributed by atoms with E-state index in [4.69, 9.17) is 5.11 Å². The average Bonchev–Trinajstić information content (AvgIpc) is 2.95. The van der Waals surface area contributed by atoms with E-state index in [-0.39, 0.29) is 24.8 Å². The number of carboxylic acids is 1. The van der Waals surface area contributed by atoms with E-state index in [0.29, 0.717) is 19.4 Å². The van der Waals surface area contributed by atoms with E-state index in [1.54, 1.807) is 0 Å². The van der Waals surface area contributed by atoms with Crippen LogP contribution in [0.3, 0.4) is 0 Å². The molecule has 6 nitrogen and oxygen atoms in total. The van der Waals surface area contributed by atoms with Gasteiger partial charge in [0.25, 0.3) is 0 Å². The third kappa shape index (κ3) is 4.05. The molecule has 1 aliphatic heterocycles. The summed E-state index contributed by atoms with van der Waals surface area (Å²) < 4.78 is 0. The minimum Gasteiger partial charge on any atom is -0.480 e. The first-order chi connectivity index (χ1) is 10.1. The molecule has 0 spiro atoms. The molecule has 1 aliphatic rings. The van der Waals surface area contributed by atoms with Gasteiger partial charge in [-0.3, -0.25) is 9.59 Å². The second-order valence-corrected chi connectivity index (χ2v) is 5.02. The summed E-state index contributed by atoms with van der Waals surface area (Å²) in [6.45, 7) is 0.278. The molecule has 0 bridgehead atoms. The fourth-order valence-electron chi connectivity index (χ4n) is 2.44. The van der Waals surface area contributed by atoms with E-state index in [9.17, 15) is 14.4 Å². The van der Waals surface area contributed by atoms with Crippen molar-refractivity contribution in [2.24, 2.45) is 0 Å². The van der Waals surface area contributed by atoms with Crippen molar-refractivity contribution >= 4 is 17.8 Å². The summed E-state index contributed by atoms with van der Waals surface area (Å²) in [7, 11) is 0. The lowest BCUT2D eigenvalue weighted by atomic mass is 10.1. The molecule has 6 heteroatoms. The van der Waals surface area contributed by atoms with Crippen molar-refractivity contribution < 1.29 is 19.5 Å². The third-order valence-electron chi connectivity index (χ3n) is 3.50. The number of carboxylic acid groups (broad SMARTS) is 1. The van der Waals surface area contributed by atoms with Crippen molar-refractivity contribution in [3.05, 3.63) is 35.9 Å². The van der Waals surface area contributed by atoms with E-state index in [0.717, 1.165) is 5.56 Å². The number of likely N-dealkylation sites (tertiary alicyclic amines) is 1. The zero-order chi connectivity index (χ0) is 15.2. The molecular weight excluding hydrogens is 272 g/mol. The summed E-state index contributed by atoms with van der Waals surface area (Å²) in [5.41, 5.74) is 0.868. The van der Waals surface area contributed by atoms with E-state index >= 15 is 0 Å². The van der Waals surface area contributed by atoms with Gasteiger partial charge in [-0.05, 0) is 18.4 Å². The molecule has 0 aliphatic carbocycles. The highest BCUT2D eigenvalue weighted by Gasteiger charge is 2.33. The maximum atomic E-state index is 12.0. The standard InChI is InChI=1S/C15H18N2O4/c18-13(9-11-5-2-1-3-6-11)16-10-14(19)17-8-4-7-12(17)15(20)21/h1-3,5-6,12H,4,7-10H2,(H,16,18)(H,20,21)/t12-/m0/s1. The molecule has 1 fully saturated rings. The topological polar surface area (TPSA) is 86.7 Å². The van der Waals surface area contributed by atoms with Crippen LogP contribution in [-0.4, -0.2) is 46.9 Å². The summed E-state index contributed by atoms with van der Waals surface area (Å²) >= 11 is 0. The monoisotopic (exact) mass is 290 g/mol. The summed E-state index contributed by atoms with van der Waals surface area (Å²) in [5, 5.41) is 11.6. The molecule has 1 aromatic carbocycles. The Labute approximate surface area is 122 Å². The molecule has 21 heavy (non-hydrogen) atoms. The van der Waals surface area contributed by atoms with Crippen LogP contribution in [0.4, 0.5) is 0 Å². The van der Waals surface area contributed by atoms with E-state index in [1.165, 1.54) is 4.90 Å². The average molecular weight is 290 g/mol. The molecular formula is C15H18N2O4. The summed E-state index contributed by atoms with van der Waals surface area (Å²) in [6, 6.07) is 8.46. The van der Waals surface area contributed by atoms with Gasteiger partial charge >= 0.3 is 5.97 Å². The number of hydrogen-bond acceptors (Lipinski definition) is 3. The van der Waals surface area contributed by atoms with Crippen molar-refractivity contribution in [2.75, 3.05) is 13.1 Å². The van der Waals surface area contributed by atoms with Crippen molar-refractivity contribution in [1.29, 1.82) is 0 Å². The minimum absolute atomic E-state index is 0.157. The van der Waals surface area contributed by atoms with Crippen LogP contribution in [0.5, 0.6) is 0 Å². The molecule has 1 heterocycles. The molecule has 2 amide bonds. The lowest BCUT2D eigenvalue weighted by molar-refractivity contribution is -0.148. The Morgan fingerprint density at radius 1 is 1.24 bits per heavy atom. The predicted molar refractivity (Wildman–Crippen MR) is 75.5 cm³/mol. The molecule has 112 valence electrons. The lowest BCUT2D eigenvalue weighted by Crippen LogP contribution is -2.45. The van der Waals surface area contributed by atoms with Gasteiger partial charge in [0.1, 0.15) is 6.04 Å². The largest absolute Gasteiger partial charge is 0.480 e. The van der Waals surface area contributed by atoms with E-state index in [1.807, 2.05) is 30.3 Å². The fourth-order valence-corrected chi connectivity index (χ4v) is 2.44. The highest BCUT2D eigenvalue weighted by atomic mass is 16.4. The van der Waals surface area contributed by atoms with Crippen molar-refractivity contribution in [3.8, 4) is 0 Å². The van der Waals surface area contributed by atoms with Gasteiger partial charge in [0.2, 0.25) is 11.8 Å². The predicted octanol–water partition coefficient (Wildman–Crippen LogP) is 0.421. The SMILES string of the molecule is O=C(Cc1ccccc1)NCC(=O)N1CCC[C@H]1C(=O)O. The molecule has 2 rings (SSSR count). The maximum Gasteiger partial charge on any atom is 0.326 e. The van der Waals surface area contributed by atoms with Crippen LogP contribution < -0.4 is 5.32 Å². The van der Waals surface area contributed by atoms with E-state index in [2.05, 4.69) is 5.32 Å². The normalized spacial score (nSPS) is 17.5. The van der Waals surface area contributed by atoms with Gasteiger partial charge in [0.15, 0.2) is 0 Å². The van der Waals surface area contributed by atoms with Gasteiger partial charge in [0, 0.05) is 6.54 Å². The summed E-state index contributed by atoms with van der Waals surface area (Å²) in [4.78, 5) is 36.1. The number of carbonyl (C=O) groups excluding carboxylic acids is 2. The number of nitrogens with zero attached hydrogens (tertiary/aromatic N) is 1. The Morgan fingerprint density at radius 2 is 1.95 bits per heavy atom. The van der Waals surface area contributed by atoms with Crippen molar-refractivity contribution in [1.82, 2.24) is 10.2 Å². The minimum atomic E-state index is -0.989. The Kier molecular flexibility index (Phi) is 4.92. The van der Waals surface area contributed by atoms with Gasteiger partial charge in [0.05, 0.1) is 13.0 Å². The van der Waals surface area contributed by atoms with Gasteiger partial charge in [-0.1, -0.05) is 30.3 Å². The molecule has 0 radical (unpaired) electrons. The molecule has 1 aromatic rings. The number of rotatable bonds is 5. The molecule has 0 saturated carbocycles. The van der Waals surface area contributed by atoms with Gasteiger partial charge < -0.3 is 15.3 Å². The molecule has 2 N–H and O–H groups in total. The number of benzene rings is 1. The molecule has 0 unspecified atom stereocenters. The van der Waals surface area contributed by atoms with Gasteiger partial charge in [-0.15, -0.1) is 0 Å². The number of aliphatic carboxylic acids is 1. The smallest absolute Gasteiger partial charge is 0.326 e. The molecule has 0 aromatic heterocycles. The maximum absolute atomic E-state index is 12.0. The van der Waals surface area contributed by atoms with Gasteiger partial charge in [-0.2, -0.15) is 0 Å². The first-order valence-electron chi connectivity index (χ1n) is 6.91. The van der Waals surface area contributed by atoms with Crippen molar-refractivity contribution in [2.45, 2.75) is 25.3 Å². The number of carbonyl (C=O) groups is 3. The first-order valence-corrected chi connectivity index (χ1v) is 6.91. The highest BCUT2D eigenvalue weighted by Crippen LogP contribution is 2.17. The van der Waals surface area contributed by atoms with Crippen LogP contribution in [0.15, 0.2) is 30.3 Å². The zero-order valence-corrected chi connectivity index (χ0v) is 11.6. The number of nitrogens with one attached hydrogen (secondary N) is 1. The summed E-state index contributed by atoms with van der Waals surface area (Å²) in [6.07, 6.45) is 1.36. The van der Waals surface area contributed by atoms with Crippen LogP contribution in [0.25, 0.3) is 0 Å². The quantitative estimate of drug-likeness (QED) is 0.823. The van der Waals surface area contributed by atoms with Crippen LogP contribution in [-0.2, 0) is 20.8 Å². The van der Waals surface area contributed by atoms with Crippen LogP contribution in [0, 0.1) is 0 Å². The second kappa shape index (κ2) is 6.88. The van der Waals surface area contributed by atoms with Gasteiger partial charge in [-0.25, -0.2) is 4.79 Å².